The zero-order valence-electron chi connectivity index (χ0n) is 10.6. The maximum Gasteiger partial charge on any atom is 0.154 e. The van der Waals surface area contributed by atoms with Gasteiger partial charge in [0.05, 0.1) is 0 Å². The molecule has 0 saturated heterocycles. The number of nitrogens with two attached hydrogens (primary N) is 1. The fourth-order valence-electron chi connectivity index (χ4n) is 1.27. The molecule has 0 aliphatic heterocycles. The molecule has 1 aromatic carbocycles. The van der Waals surface area contributed by atoms with Crippen LogP contribution in [0.25, 0.3) is 0 Å². The van der Waals surface area contributed by atoms with Crippen LogP contribution in [0.15, 0.2) is 23.2 Å². The molecule has 0 bridgehead atoms. The van der Waals surface area contributed by atoms with Crippen molar-refractivity contribution in [1.29, 1.82) is 0 Å². The van der Waals surface area contributed by atoms with Crippen LogP contribution in [0, 0.1) is 5.92 Å². The predicted octanol–water partition coefficient (Wildman–Crippen LogP) is 4.59. The molecule has 0 amide bonds. The largest absolute Gasteiger partial charge is 0.379 e. The topological polar surface area (TPSA) is 38.4 Å². The van der Waals surface area contributed by atoms with Crippen molar-refractivity contribution in [3.8, 4) is 0 Å². The number of amidine groups is 1. The Hall–Kier alpha value is -0.380. The summed E-state index contributed by atoms with van der Waals surface area (Å²) in [4.78, 5) is 4.31. The smallest absolute Gasteiger partial charge is 0.154 e. The molecule has 5 heteroatoms. The molecule has 0 atom stereocenters. The van der Waals surface area contributed by atoms with Gasteiger partial charge in [0.25, 0.3) is 0 Å². The van der Waals surface area contributed by atoms with Gasteiger partial charge in [0.15, 0.2) is 5.17 Å². The second kappa shape index (κ2) is 7.93. The lowest BCUT2D eigenvalue weighted by Crippen LogP contribution is -2.08. The summed E-state index contributed by atoms with van der Waals surface area (Å²) in [5.74, 6) is 1.37. The molecule has 0 aliphatic carbocycles. The maximum atomic E-state index is 6.08. The molecule has 2 nitrogen and oxygen atoms in total. The van der Waals surface area contributed by atoms with E-state index in [0.29, 0.717) is 26.9 Å². The standard InChI is InChI=1S/C13H18Cl2N2S/c1-9(2)5-6-17-13(16)18-8-10-3-4-11(14)7-12(10)15/h3-4,7,9H,5-6,8H2,1-2H3,(H2,16,17). The van der Waals surface area contributed by atoms with Crippen LogP contribution in [-0.2, 0) is 5.75 Å². The zero-order valence-corrected chi connectivity index (χ0v) is 12.9. The summed E-state index contributed by atoms with van der Waals surface area (Å²) in [6.07, 6.45) is 1.06. The van der Waals surface area contributed by atoms with Gasteiger partial charge in [-0.05, 0) is 30.0 Å². The molecule has 2 N–H and O–H groups in total. The van der Waals surface area contributed by atoms with Crippen LogP contribution < -0.4 is 5.73 Å². The van der Waals surface area contributed by atoms with Crippen LogP contribution in [0.2, 0.25) is 10.0 Å². The van der Waals surface area contributed by atoms with E-state index in [1.165, 1.54) is 11.8 Å². The number of rotatable bonds is 5. The molecule has 1 aromatic rings. The Morgan fingerprint density at radius 2 is 2.11 bits per heavy atom. The summed E-state index contributed by atoms with van der Waals surface area (Å²) in [6, 6.07) is 5.49. The lowest BCUT2D eigenvalue weighted by molar-refractivity contribution is 0.597. The average Bonchev–Trinajstić information content (AvgIpc) is 2.27. The first-order chi connectivity index (χ1) is 8.49. The highest BCUT2D eigenvalue weighted by Crippen LogP contribution is 2.24. The summed E-state index contributed by atoms with van der Waals surface area (Å²) < 4.78 is 0. The zero-order chi connectivity index (χ0) is 13.5. The first kappa shape index (κ1) is 15.7. The Morgan fingerprint density at radius 3 is 2.72 bits per heavy atom. The van der Waals surface area contributed by atoms with Gasteiger partial charge in [-0.15, -0.1) is 0 Å². The SMILES string of the molecule is CC(C)CCN=C(N)SCc1ccc(Cl)cc1Cl. The van der Waals surface area contributed by atoms with Crippen molar-refractivity contribution in [1.82, 2.24) is 0 Å². The Balaban J connectivity index is 2.44. The van der Waals surface area contributed by atoms with E-state index in [1.54, 1.807) is 6.07 Å². The van der Waals surface area contributed by atoms with E-state index in [2.05, 4.69) is 18.8 Å². The van der Waals surface area contributed by atoms with Crippen molar-refractivity contribution < 1.29 is 0 Å². The molecular weight excluding hydrogens is 287 g/mol. The molecule has 0 radical (unpaired) electrons. The van der Waals surface area contributed by atoms with Gasteiger partial charge in [-0.3, -0.25) is 4.99 Å². The number of thioether (sulfide) groups is 1. The fraction of sp³-hybridized carbons (Fsp3) is 0.462. The third kappa shape index (κ3) is 5.98. The number of benzene rings is 1. The van der Waals surface area contributed by atoms with E-state index in [0.717, 1.165) is 18.5 Å². The molecule has 0 saturated carbocycles. The average molecular weight is 305 g/mol. The monoisotopic (exact) mass is 304 g/mol. The number of halogens is 2. The highest BCUT2D eigenvalue weighted by atomic mass is 35.5. The van der Waals surface area contributed by atoms with Gasteiger partial charge >= 0.3 is 0 Å². The van der Waals surface area contributed by atoms with Crippen LogP contribution in [0.4, 0.5) is 0 Å². The van der Waals surface area contributed by atoms with Gasteiger partial charge in [0.2, 0.25) is 0 Å². The van der Waals surface area contributed by atoms with Crippen molar-refractivity contribution in [2.75, 3.05) is 6.54 Å². The molecule has 1 rings (SSSR count). The van der Waals surface area contributed by atoms with Crippen molar-refractivity contribution in [2.45, 2.75) is 26.0 Å². The second-order valence-corrected chi connectivity index (χ2v) is 6.27. The lowest BCUT2D eigenvalue weighted by Gasteiger charge is -2.05. The normalized spacial score (nSPS) is 12.2. The molecule has 0 aromatic heterocycles. The third-order valence-corrected chi connectivity index (χ3v) is 3.83. The molecule has 0 aliphatic rings. The molecule has 0 spiro atoms. The summed E-state index contributed by atoms with van der Waals surface area (Å²) >= 11 is 13.4. The van der Waals surface area contributed by atoms with Gasteiger partial charge in [-0.25, -0.2) is 0 Å². The quantitative estimate of drug-likeness (QED) is 0.638. The van der Waals surface area contributed by atoms with Crippen LogP contribution in [-0.4, -0.2) is 11.7 Å². The van der Waals surface area contributed by atoms with Crippen LogP contribution in [0.1, 0.15) is 25.8 Å². The van der Waals surface area contributed by atoms with Gasteiger partial charge in [0.1, 0.15) is 0 Å². The lowest BCUT2D eigenvalue weighted by atomic mass is 10.1. The first-order valence-corrected chi connectivity index (χ1v) is 7.60. The van der Waals surface area contributed by atoms with E-state index in [-0.39, 0.29) is 0 Å². The maximum absolute atomic E-state index is 6.08. The molecular formula is C13H18Cl2N2S. The molecule has 0 heterocycles. The Labute approximate surface area is 123 Å². The van der Waals surface area contributed by atoms with Crippen LogP contribution in [0.5, 0.6) is 0 Å². The van der Waals surface area contributed by atoms with Crippen molar-refractivity contribution in [3.05, 3.63) is 33.8 Å². The minimum absolute atomic E-state index is 0.613. The Morgan fingerprint density at radius 1 is 1.39 bits per heavy atom. The van der Waals surface area contributed by atoms with Crippen molar-refractivity contribution >= 4 is 40.1 Å². The van der Waals surface area contributed by atoms with Crippen molar-refractivity contribution in [3.63, 3.8) is 0 Å². The molecule has 100 valence electrons. The molecule has 0 unspecified atom stereocenters. The number of nitrogens with zero attached hydrogens (tertiary/aromatic N) is 1. The van der Waals surface area contributed by atoms with Gasteiger partial charge in [-0.2, -0.15) is 0 Å². The summed E-state index contributed by atoms with van der Waals surface area (Å²) in [5, 5.41) is 1.93. The summed E-state index contributed by atoms with van der Waals surface area (Å²) in [5.41, 5.74) is 6.85. The van der Waals surface area contributed by atoms with E-state index >= 15 is 0 Å². The third-order valence-electron chi connectivity index (χ3n) is 2.36. The highest BCUT2D eigenvalue weighted by Gasteiger charge is 2.03. The second-order valence-electron chi connectivity index (χ2n) is 4.43. The predicted molar refractivity (Wildman–Crippen MR) is 83.7 cm³/mol. The fourth-order valence-corrected chi connectivity index (χ4v) is 2.56. The first-order valence-electron chi connectivity index (χ1n) is 5.85. The summed E-state index contributed by atoms with van der Waals surface area (Å²) in [7, 11) is 0. The van der Waals surface area contributed by atoms with Gasteiger partial charge < -0.3 is 5.73 Å². The minimum atomic E-state index is 0.613. The van der Waals surface area contributed by atoms with Crippen LogP contribution in [0.3, 0.4) is 0 Å². The van der Waals surface area contributed by atoms with E-state index < -0.39 is 0 Å². The van der Waals surface area contributed by atoms with E-state index in [4.69, 9.17) is 28.9 Å². The Kier molecular flexibility index (Phi) is 6.90. The van der Waals surface area contributed by atoms with Gasteiger partial charge in [-0.1, -0.05) is 54.9 Å². The Bertz CT molecular complexity index is 419. The number of hydrogen-bond donors (Lipinski definition) is 1. The highest BCUT2D eigenvalue weighted by molar-refractivity contribution is 8.13. The molecule has 18 heavy (non-hydrogen) atoms. The van der Waals surface area contributed by atoms with Crippen molar-refractivity contribution in [2.24, 2.45) is 16.6 Å². The van der Waals surface area contributed by atoms with E-state index in [1.807, 2.05) is 12.1 Å². The summed E-state index contributed by atoms with van der Waals surface area (Å²) in [6.45, 7) is 5.13. The van der Waals surface area contributed by atoms with Crippen LogP contribution >= 0.6 is 35.0 Å². The number of aliphatic imine (C=N–C) groups is 1. The molecule has 0 fully saturated rings. The van der Waals surface area contributed by atoms with E-state index in [9.17, 15) is 0 Å². The number of hydrogen-bond acceptors (Lipinski definition) is 2. The minimum Gasteiger partial charge on any atom is -0.379 e. The van der Waals surface area contributed by atoms with Gasteiger partial charge in [0, 0.05) is 22.3 Å².